The number of aromatic nitrogens is 1. The van der Waals surface area contributed by atoms with Crippen LogP contribution in [0.2, 0.25) is 0 Å². The van der Waals surface area contributed by atoms with Gasteiger partial charge in [-0.05, 0) is 17.7 Å². The molecular formula is C14H14N2O2. The Kier molecular flexibility index (Phi) is 4.04. The van der Waals surface area contributed by atoms with Crippen LogP contribution in [0, 0.1) is 0 Å². The lowest BCUT2D eigenvalue weighted by atomic mass is 10.2. The Morgan fingerprint density at radius 2 is 1.89 bits per heavy atom. The van der Waals surface area contributed by atoms with Crippen LogP contribution >= 0.6 is 0 Å². The smallest absolute Gasteiger partial charge is 0.337 e. The van der Waals surface area contributed by atoms with Crippen LogP contribution in [-0.2, 0) is 13.1 Å². The van der Waals surface area contributed by atoms with E-state index in [4.69, 9.17) is 5.11 Å². The molecule has 1 heterocycles. The minimum Gasteiger partial charge on any atom is -0.478 e. The maximum absolute atomic E-state index is 10.7. The molecule has 1 aromatic heterocycles. The van der Waals surface area contributed by atoms with E-state index in [1.807, 2.05) is 30.3 Å². The summed E-state index contributed by atoms with van der Waals surface area (Å²) in [5.41, 5.74) is 2.25. The first-order valence-electron chi connectivity index (χ1n) is 5.68. The Balaban J connectivity index is 1.85. The second-order valence-electron chi connectivity index (χ2n) is 3.93. The van der Waals surface area contributed by atoms with Gasteiger partial charge in [0.2, 0.25) is 0 Å². The molecule has 1 aromatic carbocycles. The number of carboxylic acids is 1. The van der Waals surface area contributed by atoms with Crippen molar-refractivity contribution in [2.45, 2.75) is 13.1 Å². The molecule has 2 rings (SSSR count). The summed E-state index contributed by atoms with van der Waals surface area (Å²) in [6, 6.07) is 13.4. The second-order valence-corrected chi connectivity index (χ2v) is 3.93. The molecule has 2 N–H and O–H groups in total. The highest BCUT2D eigenvalue weighted by atomic mass is 16.4. The molecule has 92 valence electrons. The number of pyridine rings is 1. The Morgan fingerprint density at radius 1 is 1.11 bits per heavy atom. The lowest BCUT2D eigenvalue weighted by Crippen LogP contribution is -2.13. The Labute approximate surface area is 105 Å². The molecule has 18 heavy (non-hydrogen) atoms. The van der Waals surface area contributed by atoms with Gasteiger partial charge in [-0.25, -0.2) is 4.79 Å². The Morgan fingerprint density at radius 3 is 2.50 bits per heavy atom. The monoisotopic (exact) mass is 242 g/mol. The molecule has 0 atom stereocenters. The first-order valence-corrected chi connectivity index (χ1v) is 5.68. The zero-order valence-electron chi connectivity index (χ0n) is 9.84. The fourth-order valence-corrected chi connectivity index (χ4v) is 1.59. The molecule has 0 saturated carbocycles. The maximum atomic E-state index is 10.7. The molecular weight excluding hydrogens is 228 g/mol. The van der Waals surface area contributed by atoms with Crippen LogP contribution in [0.1, 0.15) is 21.6 Å². The van der Waals surface area contributed by atoms with Crippen LogP contribution in [0.5, 0.6) is 0 Å². The van der Waals surface area contributed by atoms with Crippen LogP contribution in [0.3, 0.4) is 0 Å². The van der Waals surface area contributed by atoms with Crippen molar-refractivity contribution >= 4 is 5.97 Å². The molecule has 0 aliphatic heterocycles. The lowest BCUT2D eigenvalue weighted by Gasteiger charge is -2.04. The second kappa shape index (κ2) is 5.93. The van der Waals surface area contributed by atoms with Crippen molar-refractivity contribution in [2.24, 2.45) is 0 Å². The number of carbonyl (C=O) groups is 1. The zero-order valence-corrected chi connectivity index (χ0v) is 9.84. The van der Waals surface area contributed by atoms with Crippen molar-refractivity contribution in [3.63, 3.8) is 0 Å². The number of carboxylic acid groups (broad SMARTS) is 1. The van der Waals surface area contributed by atoms with Crippen molar-refractivity contribution in [3.05, 3.63) is 65.5 Å². The summed E-state index contributed by atoms with van der Waals surface area (Å²) in [5, 5.41) is 12.0. The SMILES string of the molecule is O=C(O)c1ccc(CNCc2ccccc2)nc1. The Bertz CT molecular complexity index is 509. The summed E-state index contributed by atoms with van der Waals surface area (Å²) in [7, 11) is 0. The molecule has 0 radical (unpaired) electrons. The third kappa shape index (κ3) is 3.40. The quantitative estimate of drug-likeness (QED) is 0.842. The van der Waals surface area contributed by atoms with E-state index in [0.717, 1.165) is 12.2 Å². The predicted molar refractivity (Wildman–Crippen MR) is 68.2 cm³/mol. The van der Waals surface area contributed by atoms with E-state index in [1.165, 1.54) is 11.8 Å². The van der Waals surface area contributed by atoms with E-state index in [9.17, 15) is 4.79 Å². The van der Waals surface area contributed by atoms with E-state index >= 15 is 0 Å². The average Bonchev–Trinajstić information content (AvgIpc) is 2.40. The molecule has 4 nitrogen and oxygen atoms in total. The van der Waals surface area contributed by atoms with Crippen LogP contribution in [-0.4, -0.2) is 16.1 Å². The highest BCUT2D eigenvalue weighted by Gasteiger charge is 2.02. The number of hydrogen-bond acceptors (Lipinski definition) is 3. The van der Waals surface area contributed by atoms with Gasteiger partial charge in [0.05, 0.1) is 11.3 Å². The summed E-state index contributed by atoms with van der Waals surface area (Å²) in [4.78, 5) is 14.7. The maximum Gasteiger partial charge on any atom is 0.337 e. The van der Waals surface area contributed by atoms with Crippen LogP contribution in [0.15, 0.2) is 48.7 Å². The zero-order chi connectivity index (χ0) is 12.8. The van der Waals surface area contributed by atoms with Gasteiger partial charge in [0.1, 0.15) is 0 Å². The highest BCUT2D eigenvalue weighted by molar-refractivity contribution is 5.87. The molecule has 0 saturated heterocycles. The largest absolute Gasteiger partial charge is 0.478 e. The summed E-state index contributed by atoms with van der Waals surface area (Å²) in [6.45, 7) is 1.39. The number of hydrogen-bond donors (Lipinski definition) is 2. The van der Waals surface area contributed by atoms with Gasteiger partial charge in [0.15, 0.2) is 0 Å². The molecule has 0 amide bonds. The molecule has 0 unspecified atom stereocenters. The van der Waals surface area contributed by atoms with Gasteiger partial charge in [-0.15, -0.1) is 0 Å². The van der Waals surface area contributed by atoms with Crippen molar-refractivity contribution in [2.75, 3.05) is 0 Å². The summed E-state index contributed by atoms with van der Waals surface area (Å²) < 4.78 is 0. The molecule has 0 bridgehead atoms. The molecule has 2 aromatic rings. The van der Waals surface area contributed by atoms with Crippen molar-refractivity contribution in [1.82, 2.24) is 10.3 Å². The number of aromatic carboxylic acids is 1. The van der Waals surface area contributed by atoms with Gasteiger partial charge in [0.25, 0.3) is 0 Å². The normalized spacial score (nSPS) is 10.2. The lowest BCUT2D eigenvalue weighted by molar-refractivity contribution is 0.0696. The molecule has 4 heteroatoms. The van der Waals surface area contributed by atoms with Crippen molar-refractivity contribution < 1.29 is 9.90 Å². The fourth-order valence-electron chi connectivity index (χ4n) is 1.59. The van der Waals surface area contributed by atoms with Crippen LogP contribution in [0.4, 0.5) is 0 Å². The van der Waals surface area contributed by atoms with E-state index < -0.39 is 5.97 Å². The minimum atomic E-state index is -0.953. The van der Waals surface area contributed by atoms with Gasteiger partial charge >= 0.3 is 5.97 Å². The fraction of sp³-hybridized carbons (Fsp3) is 0.143. The Hall–Kier alpha value is -2.20. The van der Waals surface area contributed by atoms with Crippen LogP contribution < -0.4 is 5.32 Å². The third-order valence-corrected chi connectivity index (χ3v) is 2.55. The summed E-state index contributed by atoms with van der Waals surface area (Å²) in [5.74, 6) is -0.953. The highest BCUT2D eigenvalue weighted by Crippen LogP contribution is 2.01. The standard InChI is InChI=1S/C14H14N2O2/c17-14(18)12-6-7-13(16-9-12)10-15-8-11-4-2-1-3-5-11/h1-7,9,15H,8,10H2,(H,17,18). The molecule has 0 fully saturated rings. The van der Waals surface area contributed by atoms with Gasteiger partial charge in [-0.1, -0.05) is 30.3 Å². The summed E-state index contributed by atoms with van der Waals surface area (Å²) in [6.07, 6.45) is 1.38. The van der Waals surface area contributed by atoms with Crippen molar-refractivity contribution in [3.8, 4) is 0 Å². The number of nitrogens with one attached hydrogen (secondary N) is 1. The minimum absolute atomic E-state index is 0.210. The molecule has 0 aliphatic carbocycles. The van der Waals surface area contributed by atoms with E-state index in [1.54, 1.807) is 12.1 Å². The number of rotatable bonds is 5. The van der Waals surface area contributed by atoms with Gasteiger partial charge in [0, 0.05) is 19.3 Å². The first-order chi connectivity index (χ1) is 8.75. The van der Waals surface area contributed by atoms with E-state index in [0.29, 0.717) is 6.54 Å². The summed E-state index contributed by atoms with van der Waals surface area (Å²) >= 11 is 0. The number of benzene rings is 1. The van der Waals surface area contributed by atoms with Crippen LogP contribution in [0.25, 0.3) is 0 Å². The molecule has 0 aliphatic rings. The number of nitrogens with zero attached hydrogens (tertiary/aromatic N) is 1. The van der Waals surface area contributed by atoms with Gasteiger partial charge in [-0.3, -0.25) is 4.98 Å². The van der Waals surface area contributed by atoms with E-state index in [-0.39, 0.29) is 5.56 Å². The van der Waals surface area contributed by atoms with E-state index in [2.05, 4.69) is 10.3 Å². The van der Waals surface area contributed by atoms with Crippen molar-refractivity contribution in [1.29, 1.82) is 0 Å². The predicted octanol–water partition coefficient (Wildman–Crippen LogP) is 2.07. The third-order valence-electron chi connectivity index (χ3n) is 2.55. The van der Waals surface area contributed by atoms with Gasteiger partial charge in [-0.2, -0.15) is 0 Å². The molecule has 0 spiro atoms. The first kappa shape index (κ1) is 12.3. The topological polar surface area (TPSA) is 62.2 Å². The average molecular weight is 242 g/mol. The van der Waals surface area contributed by atoms with Gasteiger partial charge < -0.3 is 10.4 Å².